The molecule has 1 amide bonds. The topological polar surface area (TPSA) is 67.8 Å². The van der Waals surface area contributed by atoms with E-state index in [1.807, 2.05) is 66.7 Å². The first-order valence-electron chi connectivity index (χ1n) is 12.4. The molecule has 0 aromatic heterocycles. The lowest BCUT2D eigenvalue weighted by molar-refractivity contribution is 0.215. The van der Waals surface area contributed by atoms with Crippen molar-refractivity contribution in [1.82, 2.24) is 0 Å². The Labute approximate surface area is 218 Å². The fourth-order valence-electron chi connectivity index (χ4n) is 4.20. The number of aromatic hydroxyl groups is 1. The third kappa shape index (κ3) is 7.01. The number of hydrogen-bond donors (Lipinski definition) is 2. The van der Waals surface area contributed by atoms with Gasteiger partial charge in [0.15, 0.2) is 0 Å². The molecule has 0 atom stereocenters. The number of phenols is 1. The van der Waals surface area contributed by atoms with E-state index in [4.69, 9.17) is 9.47 Å². The van der Waals surface area contributed by atoms with Gasteiger partial charge in [0.25, 0.3) is 0 Å². The lowest BCUT2D eigenvalue weighted by Crippen LogP contribution is -2.16. The highest BCUT2D eigenvalue weighted by molar-refractivity contribution is 5.92. The zero-order valence-electron chi connectivity index (χ0n) is 21.1. The summed E-state index contributed by atoms with van der Waals surface area (Å²) in [5, 5.41) is 12.4. The summed E-state index contributed by atoms with van der Waals surface area (Å²) in [6, 6.07) is 31.9. The number of carbonyl (C=O) groups is 1. The molecule has 4 rings (SSSR count). The first-order valence-corrected chi connectivity index (χ1v) is 12.4. The highest BCUT2D eigenvalue weighted by Crippen LogP contribution is 2.32. The quantitative estimate of drug-likeness (QED) is 0.230. The van der Waals surface area contributed by atoms with Gasteiger partial charge in [0, 0.05) is 5.69 Å². The monoisotopic (exact) mass is 493 g/mol. The van der Waals surface area contributed by atoms with Crippen molar-refractivity contribution < 1.29 is 19.4 Å². The van der Waals surface area contributed by atoms with E-state index in [1.54, 1.807) is 36.4 Å². The number of phenolic OH excluding ortho intramolecular Hbond substituents is 1. The average Bonchev–Trinajstić information content (AvgIpc) is 2.93. The summed E-state index contributed by atoms with van der Waals surface area (Å²) in [6.07, 6.45) is 1.18. The summed E-state index contributed by atoms with van der Waals surface area (Å²) in [6.45, 7) is 4.74. The molecule has 4 aromatic carbocycles. The van der Waals surface area contributed by atoms with Gasteiger partial charge in [-0.25, -0.2) is 4.79 Å². The van der Waals surface area contributed by atoms with Crippen LogP contribution >= 0.6 is 0 Å². The third-order valence-electron chi connectivity index (χ3n) is 6.05. The second kappa shape index (κ2) is 12.5. The number of hydrogen-bond acceptors (Lipinski definition) is 4. The standard InChI is InChI=1S/C32H31NO4/c1-3-30(31(4-2)25-12-16-27(34)17-13-25)24-10-14-26(15-11-24)33-32(35)37-29-20-18-28(19-21-29)36-22-23-8-6-5-7-9-23/h5-21,34H,3-4,22H2,1-2H3,(H,33,35). The fourth-order valence-corrected chi connectivity index (χ4v) is 4.20. The van der Waals surface area contributed by atoms with Crippen molar-refractivity contribution in [1.29, 1.82) is 0 Å². The Morgan fingerprint density at radius 1 is 0.703 bits per heavy atom. The van der Waals surface area contributed by atoms with Gasteiger partial charge in [-0.05, 0) is 89.2 Å². The van der Waals surface area contributed by atoms with Crippen LogP contribution in [0.25, 0.3) is 11.1 Å². The van der Waals surface area contributed by atoms with Crippen LogP contribution in [0.4, 0.5) is 10.5 Å². The van der Waals surface area contributed by atoms with Crippen molar-refractivity contribution in [3.05, 3.63) is 120 Å². The molecule has 0 unspecified atom stereocenters. The highest BCUT2D eigenvalue weighted by Gasteiger charge is 2.11. The van der Waals surface area contributed by atoms with Crippen LogP contribution in [0, 0.1) is 0 Å². The molecule has 0 heterocycles. The second-order valence-electron chi connectivity index (χ2n) is 8.55. The van der Waals surface area contributed by atoms with Crippen LogP contribution in [0.3, 0.4) is 0 Å². The van der Waals surface area contributed by atoms with E-state index in [1.165, 1.54) is 11.1 Å². The van der Waals surface area contributed by atoms with Gasteiger partial charge in [-0.15, -0.1) is 0 Å². The molecule has 0 aliphatic carbocycles. The summed E-state index contributed by atoms with van der Waals surface area (Å²) < 4.78 is 11.2. The minimum Gasteiger partial charge on any atom is -0.508 e. The molecular weight excluding hydrogens is 462 g/mol. The zero-order chi connectivity index (χ0) is 26.0. The molecule has 2 N–H and O–H groups in total. The average molecular weight is 494 g/mol. The van der Waals surface area contributed by atoms with Gasteiger partial charge in [-0.2, -0.15) is 0 Å². The van der Waals surface area contributed by atoms with Crippen LogP contribution in [0.5, 0.6) is 17.2 Å². The number of carbonyl (C=O) groups excluding carboxylic acids is 1. The number of allylic oxidation sites excluding steroid dienone is 2. The molecule has 5 heteroatoms. The van der Waals surface area contributed by atoms with Gasteiger partial charge in [-0.1, -0.05) is 68.4 Å². The Bertz CT molecular complexity index is 1330. The van der Waals surface area contributed by atoms with E-state index in [2.05, 4.69) is 19.2 Å². The van der Waals surface area contributed by atoms with E-state index in [-0.39, 0.29) is 5.75 Å². The van der Waals surface area contributed by atoms with Crippen molar-refractivity contribution in [3.8, 4) is 17.2 Å². The summed E-state index contributed by atoms with van der Waals surface area (Å²) >= 11 is 0. The van der Waals surface area contributed by atoms with Gasteiger partial charge in [0.1, 0.15) is 23.9 Å². The highest BCUT2D eigenvalue weighted by atomic mass is 16.6. The maximum Gasteiger partial charge on any atom is 0.417 e. The molecule has 0 fully saturated rings. The Morgan fingerprint density at radius 2 is 1.24 bits per heavy atom. The van der Waals surface area contributed by atoms with Crippen molar-refractivity contribution in [3.63, 3.8) is 0 Å². The van der Waals surface area contributed by atoms with E-state index < -0.39 is 6.09 Å². The van der Waals surface area contributed by atoms with Crippen LogP contribution in [0.1, 0.15) is 43.4 Å². The molecular formula is C32H31NO4. The van der Waals surface area contributed by atoms with E-state index >= 15 is 0 Å². The largest absolute Gasteiger partial charge is 0.508 e. The van der Waals surface area contributed by atoms with Gasteiger partial charge < -0.3 is 14.6 Å². The number of benzene rings is 4. The molecule has 0 aliphatic heterocycles. The normalized spacial score (nSPS) is 11.4. The number of ether oxygens (including phenoxy) is 2. The van der Waals surface area contributed by atoms with Crippen molar-refractivity contribution in [2.24, 2.45) is 0 Å². The Morgan fingerprint density at radius 3 is 1.81 bits per heavy atom. The number of rotatable bonds is 9. The van der Waals surface area contributed by atoms with Crippen LogP contribution in [-0.4, -0.2) is 11.2 Å². The Kier molecular flexibility index (Phi) is 8.61. The summed E-state index contributed by atoms with van der Waals surface area (Å²) in [7, 11) is 0. The molecule has 188 valence electrons. The Hall–Kier alpha value is -4.51. The van der Waals surface area contributed by atoms with E-state index in [0.717, 1.165) is 29.5 Å². The number of amides is 1. The molecule has 0 radical (unpaired) electrons. The predicted octanol–water partition coefficient (Wildman–Crippen LogP) is 8.31. The van der Waals surface area contributed by atoms with Crippen LogP contribution in [-0.2, 0) is 6.61 Å². The fraction of sp³-hybridized carbons (Fsp3) is 0.156. The van der Waals surface area contributed by atoms with Gasteiger partial charge in [0.05, 0.1) is 0 Å². The molecule has 0 bridgehead atoms. The lowest BCUT2D eigenvalue weighted by atomic mass is 9.91. The minimum atomic E-state index is -0.560. The molecule has 5 nitrogen and oxygen atoms in total. The molecule has 0 saturated heterocycles. The smallest absolute Gasteiger partial charge is 0.417 e. The maximum absolute atomic E-state index is 12.4. The first-order chi connectivity index (χ1) is 18.1. The van der Waals surface area contributed by atoms with E-state index in [9.17, 15) is 9.90 Å². The second-order valence-corrected chi connectivity index (χ2v) is 8.55. The van der Waals surface area contributed by atoms with Crippen molar-refractivity contribution >= 4 is 22.9 Å². The van der Waals surface area contributed by atoms with E-state index in [0.29, 0.717) is 23.8 Å². The Balaban J connectivity index is 1.36. The van der Waals surface area contributed by atoms with Crippen LogP contribution in [0.15, 0.2) is 103 Å². The molecule has 0 saturated carbocycles. The molecule has 0 spiro atoms. The van der Waals surface area contributed by atoms with Gasteiger partial charge in [-0.3, -0.25) is 5.32 Å². The lowest BCUT2D eigenvalue weighted by Gasteiger charge is -2.15. The summed E-state index contributed by atoms with van der Waals surface area (Å²) in [5.41, 5.74) is 6.39. The maximum atomic E-state index is 12.4. The van der Waals surface area contributed by atoms with Crippen molar-refractivity contribution in [2.75, 3.05) is 5.32 Å². The zero-order valence-corrected chi connectivity index (χ0v) is 21.1. The molecule has 4 aromatic rings. The van der Waals surface area contributed by atoms with Crippen molar-refractivity contribution in [2.45, 2.75) is 33.3 Å². The number of nitrogens with one attached hydrogen (secondary N) is 1. The van der Waals surface area contributed by atoms with Gasteiger partial charge in [0.2, 0.25) is 0 Å². The third-order valence-corrected chi connectivity index (χ3v) is 6.05. The predicted molar refractivity (Wildman–Crippen MR) is 149 cm³/mol. The van der Waals surface area contributed by atoms with Crippen LogP contribution in [0.2, 0.25) is 0 Å². The molecule has 37 heavy (non-hydrogen) atoms. The SMILES string of the molecule is CCC(=C(CC)c1ccc(NC(=O)Oc2ccc(OCc3ccccc3)cc2)cc1)c1ccc(O)cc1. The summed E-state index contributed by atoms with van der Waals surface area (Å²) in [4.78, 5) is 12.4. The first kappa shape index (κ1) is 25.6. The number of anilines is 1. The summed E-state index contributed by atoms with van der Waals surface area (Å²) in [5.74, 6) is 1.39. The molecule has 0 aliphatic rings. The minimum absolute atomic E-state index is 0.256. The van der Waals surface area contributed by atoms with Gasteiger partial charge >= 0.3 is 6.09 Å². The van der Waals surface area contributed by atoms with Crippen LogP contribution < -0.4 is 14.8 Å².